The van der Waals surface area contributed by atoms with Crippen LogP contribution in [0.4, 0.5) is 17.6 Å². The Morgan fingerprint density at radius 2 is 1.62 bits per heavy atom. The van der Waals surface area contributed by atoms with Gasteiger partial charge in [-0.2, -0.15) is 13.2 Å². The number of alkyl halides is 3. The Morgan fingerprint density at radius 3 is 2.17 bits per heavy atom. The SMILES string of the molecule is CCCC1CCC(/C=C/C2CCC(/C(F)=C/C(F)(F)F)OC2)CC1. The molecule has 2 aliphatic rings. The molecule has 0 amide bonds. The summed E-state index contributed by atoms with van der Waals surface area (Å²) in [4.78, 5) is 0. The molecule has 24 heavy (non-hydrogen) atoms. The minimum Gasteiger partial charge on any atom is -0.371 e. The molecule has 0 spiro atoms. The number of ether oxygens (including phenoxy) is 1. The predicted octanol–water partition coefficient (Wildman–Crippen LogP) is 6.36. The Labute approximate surface area is 142 Å². The Bertz CT molecular complexity index is 425. The molecule has 1 saturated heterocycles. The maximum atomic E-state index is 13.5. The van der Waals surface area contributed by atoms with Gasteiger partial charge in [0, 0.05) is 5.92 Å². The van der Waals surface area contributed by atoms with Crippen LogP contribution in [-0.2, 0) is 4.74 Å². The fraction of sp³-hybridized carbons (Fsp3) is 0.789. The third kappa shape index (κ3) is 6.58. The van der Waals surface area contributed by atoms with Crippen LogP contribution in [0.3, 0.4) is 0 Å². The van der Waals surface area contributed by atoms with Gasteiger partial charge in [-0.3, -0.25) is 0 Å². The monoisotopic (exact) mass is 348 g/mol. The zero-order valence-corrected chi connectivity index (χ0v) is 14.3. The number of halogens is 4. The minimum absolute atomic E-state index is 0.188. The Morgan fingerprint density at radius 1 is 1.00 bits per heavy atom. The molecule has 138 valence electrons. The van der Waals surface area contributed by atoms with E-state index in [1.165, 1.54) is 38.5 Å². The molecule has 0 radical (unpaired) electrons. The zero-order chi connectivity index (χ0) is 17.6. The van der Waals surface area contributed by atoms with Crippen LogP contribution in [0.2, 0.25) is 0 Å². The first-order chi connectivity index (χ1) is 11.4. The van der Waals surface area contributed by atoms with Crippen LogP contribution in [-0.4, -0.2) is 18.9 Å². The van der Waals surface area contributed by atoms with Crippen molar-refractivity contribution in [2.24, 2.45) is 17.8 Å². The average Bonchev–Trinajstić information content (AvgIpc) is 2.53. The highest BCUT2D eigenvalue weighted by Crippen LogP contribution is 2.33. The molecule has 2 atom stereocenters. The predicted molar refractivity (Wildman–Crippen MR) is 87.2 cm³/mol. The molecule has 0 aromatic heterocycles. The Hall–Kier alpha value is -0.840. The van der Waals surface area contributed by atoms with Gasteiger partial charge in [-0.05, 0) is 50.4 Å². The van der Waals surface area contributed by atoms with Crippen molar-refractivity contribution in [2.45, 2.75) is 70.6 Å². The van der Waals surface area contributed by atoms with Gasteiger partial charge in [0.25, 0.3) is 0 Å². The van der Waals surface area contributed by atoms with E-state index in [4.69, 9.17) is 4.74 Å². The average molecular weight is 348 g/mol. The molecular formula is C19H28F4O. The Balaban J connectivity index is 1.72. The quantitative estimate of drug-likeness (QED) is 0.415. The molecule has 2 fully saturated rings. The largest absolute Gasteiger partial charge is 0.412 e. The van der Waals surface area contributed by atoms with Crippen LogP contribution < -0.4 is 0 Å². The van der Waals surface area contributed by atoms with Crippen molar-refractivity contribution in [1.82, 2.24) is 0 Å². The molecular weight excluding hydrogens is 320 g/mol. The van der Waals surface area contributed by atoms with E-state index in [-0.39, 0.29) is 12.0 Å². The van der Waals surface area contributed by atoms with Crippen LogP contribution in [0, 0.1) is 17.8 Å². The van der Waals surface area contributed by atoms with Gasteiger partial charge in [-0.25, -0.2) is 4.39 Å². The van der Waals surface area contributed by atoms with E-state index in [0.717, 1.165) is 5.92 Å². The number of hydrogen-bond acceptors (Lipinski definition) is 1. The van der Waals surface area contributed by atoms with Gasteiger partial charge in [0.1, 0.15) is 11.9 Å². The molecule has 1 saturated carbocycles. The summed E-state index contributed by atoms with van der Waals surface area (Å²) >= 11 is 0. The third-order valence-corrected chi connectivity index (χ3v) is 5.16. The van der Waals surface area contributed by atoms with Crippen molar-refractivity contribution in [3.63, 3.8) is 0 Å². The first-order valence-corrected chi connectivity index (χ1v) is 9.12. The molecule has 2 rings (SSSR count). The molecule has 1 heterocycles. The molecule has 0 aromatic carbocycles. The van der Waals surface area contributed by atoms with Gasteiger partial charge in [0.2, 0.25) is 0 Å². The van der Waals surface area contributed by atoms with Gasteiger partial charge in [-0.1, -0.05) is 31.9 Å². The highest BCUT2D eigenvalue weighted by atomic mass is 19.4. The van der Waals surface area contributed by atoms with E-state index >= 15 is 0 Å². The van der Waals surface area contributed by atoms with Crippen molar-refractivity contribution in [3.8, 4) is 0 Å². The molecule has 2 unspecified atom stereocenters. The molecule has 0 N–H and O–H groups in total. The van der Waals surface area contributed by atoms with Gasteiger partial charge in [0.15, 0.2) is 0 Å². The fourth-order valence-corrected chi connectivity index (χ4v) is 3.78. The summed E-state index contributed by atoms with van der Waals surface area (Å²) in [6, 6.07) is 0. The molecule has 0 aromatic rings. The van der Waals surface area contributed by atoms with Gasteiger partial charge >= 0.3 is 6.18 Å². The van der Waals surface area contributed by atoms with Crippen LogP contribution in [0.1, 0.15) is 58.3 Å². The maximum Gasteiger partial charge on any atom is 0.412 e. The summed E-state index contributed by atoms with van der Waals surface area (Å²) in [6.07, 6.45) is 7.01. The molecule has 5 heteroatoms. The van der Waals surface area contributed by atoms with E-state index in [0.29, 0.717) is 25.4 Å². The topological polar surface area (TPSA) is 9.23 Å². The van der Waals surface area contributed by atoms with Gasteiger partial charge < -0.3 is 4.74 Å². The van der Waals surface area contributed by atoms with E-state index in [1.807, 2.05) is 0 Å². The molecule has 1 aliphatic carbocycles. The second kappa shape index (κ2) is 9.02. The summed E-state index contributed by atoms with van der Waals surface area (Å²) in [5.41, 5.74) is 0. The zero-order valence-electron chi connectivity index (χ0n) is 14.3. The number of allylic oxidation sites excluding steroid dienone is 2. The van der Waals surface area contributed by atoms with E-state index < -0.39 is 18.1 Å². The first kappa shape index (κ1) is 19.5. The number of hydrogen-bond donors (Lipinski definition) is 0. The normalized spacial score (nSPS) is 33.1. The van der Waals surface area contributed by atoms with Crippen molar-refractivity contribution in [2.75, 3.05) is 6.61 Å². The maximum absolute atomic E-state index is 13.5. The summed E-state index contributed by atoms with van der Waals surface area (Å²) in [7, 11) is 0. The van der Waals surface area contributed by atoms with Crippen LogP contribution >= 0.6 is 0 Å². The lowest BCUT2D eigenvalue weighted by Gasteiger charge is -2.28. The van der Waals surface area contributed by atoms with Crippen LogP contribution in [0.5, 0.6) is 0 Å². The number of rotatable bonds is 5. The van der Waals surface area contributed by atoms with Gasteiger partial charge in [0.05, 0.1) is 12.7 Å². The lowest BCUT2D eigenvalue weighted by atomic mass is 9.79. The first-order valence-electron chi connectivity index (χ1n) is 9.12. The molecule has 0 bridgehead atoms. The lowest BCUT2D eigenvalue weighted by molar-refractivity contribution is -0.0843. The summed E-state index contributed by atoms with van der Waals surface area (Å²) in [5.74, 6) is 0.465. The van der Waals surface area contributed by atoms with Crippen LogP contribution in [0.15, 0.2) is 24.1 Å². The second-order valence-electron chi connectivity index (χ2n) is 7.18. The van der Waals surface area contributed by atoms with Crippen molar-refractivity contribution in [3.05, 3.63) is 24.1 Å². The fourth-order valence-electron chi connectivity index (χ4n) is 3.78. The smallest absolute Gasteiger partial charge is 0.371 e. The summed E-state index contributed by atoms with van der Waals surface area (Å²) in [6.45, 7) is 2.53. The summed E-state index contributed by atoms with van der Waals surface area (Å²) in [5, 5.41) is 0. The summed E-state index contributed by atoms with van der Waals surface area (Å²) < 4.78 is 55.2. The van der Waals surface area contributed by atoms with Gasteiger partial charge in [-0.15, -0.1) is 0 Å². The van der Waals surface area contributed by atoms with E-state index in [9.17, 15) is 17.6 Å². The molecule has 1 aliphatic heterocycles. The van der Waals surface area contributed by atoms with Crippen LogP contribution in [0.25, 0.3) is 0 Å². The van der Waals surface area contributed by atoms with Crippen molar-refractivity contribution in [1.29, 1.82) is 0 Å². The highest BCUT2D eigenvalue weighted by Gasteiger charge is 2.30. The standard InChI is InChI=1S/C19H28F4O/c1-2-3-14-4-6-15(7-5-14)8-9-16-10-11-18(24-13-16)17(20)12-19(21,22)23/h8-9,12,14-16,18H,2-7,10-11,13H2,1H3/b9-8+,17-12-. The minimum atomic E-state index is -4.62. The Kier molecular flexibility index (Phi) is 7.33. The third-order valence-electron chi connectivity index (χ3n) is 5.16. The van der Waals surface area contributed by atoms with Crippen molar-refractivity contribution >= 4 is 0 Å². The molecule has 1 nitrogen and oxygen atoms in total. The highest BCUT2D eigenvalue weighted by molar-refractivity contribution is 5.05. The van der Waals surface area contributed by atoms with E-state index in [1.54, 1.807) is 0 Å². The van der Waals surface area contributed by atoms with E-state index in [2.05, 4.69) is 19.1 Å². The second-order valence-corrected chi connectivity index (χ2v) is 7.18. The lowest BCUT2D eigenvalue weighted by Crippen LogP contribution is -2.26. The van der Waals surface area contributed by atoms with Crippen molar-refractivity contribution < 1.29 is 22.3 Å².